The van der Waals surface area contributed by atoms with E-state index in [1.165, 1.54) is 58.3 Å². The minimum Gasteiger partial charge on any atom is -0.460 e. The highest BCUT2D eigenvalue weighted by atomic mass is 16.5. The first-order chi connectivity index (χ1) is 12.6. The Kier molecular flexibility index (Phi) is 6.71. The number of ether oxygens (including phenoxy) is 1. The van der Waals surface area contributed by atoms with Crippen LogP contribution in [0.5, 0.6) is 0 Å². The summed E-state index contributed by atoms with van der Waals surface area (Å²) in [5, 5.41) is 3.28. The van der Waals surface area contributed by atoms with E-state index in [4.69, 9.17) is 4.74 Å². The highest BCUT2D eigenvalue weighted by Gasteiger charge is 2.40. The van der Waals surface area contributed by atoms with Gasteiger partial charge in [-0.25, -0.2) is 0 Å². The summed E-state index contributed by atoms with van der Waals surface area (Å²) >= 11 is 0. The molecule has 0 spiro atoms. The molecule has 2 bridgehead atoms. The van der Waals surface area contributed by atoms with E-state index in [2.05, 4.69) is 10.2 Å². The molecule has 4 fully saturated rings. The van der Waals surface area contributed by atoms with Gasteiger partial charge in [-0.1, -0.05) is 36.8 Å². The van der Waals surface area contributed by atoms with E-state index >= 15 is 0 Å². The number of nitrogens with zero attached hydrogens (tertiary/aromatic N) is 1. The maximum absolute atomic E-state index is 12.6. The summed E-state index contributed by atoms with van der Waals surface area (Å²) in [6, 6.07) is 9.91. The van der Waals surface area contributed by atoms with E-state index in [0.29, 0.717) is 5.92 Å². The quantitative estimate of drug-likeness (QED) is 0.841. The normalized spacial score (nSPS) is 28.0. The SMILES string of the molecule is C1CCNCC1.CC(C)(C(=O)O[C@H]1CN2CCC1CC2)c1ccccc1. The first-order valence-corrected chi connectivity index (χ1v) is 10.3. The number of piperidine rings is 4. The molecular weight excluding hydrogens is 324 g/mol. The van der Waals surface area contributed by atoms with Crippen LogP contribution in [0.15, 0.2) is 30.3 Å². The Hall–Kier alpha value is -1.39. The van der Waals surface area contributed by atoms with Gasteiger partial charge in [0.05, 0.1) is 5.41 Å². The fraction of sp³-hybridized carbons (Fsp3) is 0.682. The second kappa shape index (κ2) is 9.01. The Morgan fingerprint density at radius 3 is 2.19 bits per heavy atom. The smallest absolute Gasteiger partial charge is 0.316 e. The van der Waals surface area contributed by atoms with E-state index in [0.717, 1.165) is 12.1 Å². The van der Waals surface area contributed by atoms with Gasteiger partial charge < -0.3 is 10.1 Å². The van der Waals surface area contributed by atoms with Crippen molar-refractivity contribution in [2.45, 2.75) is 57.5 Å². The van der Waals surface area contributed by atoms with Crippen LogP contribution in [0, 0.1) is 5.92 Å². The molecule has 0 saturated carbocycles. The lowest BCUT2D eigenvalue weighted by Crippen LogP contribution is -2.53. The lowest BCUT2D eigenvalue weighted by molar-refractivity contribution is -0.164. The molecule has 0 radical (unpaired) electrons. The van der Waals surface area contributed by atoms with Crippen molar-refractivity contribution in [3.05, 3.63) is 35.9 Å². The van der Waals surface area contributed by atoms with Crippen molar-refractivity contribution in [2.24, 2.45) is 5.92 Å². The summed E-state index contributed by atoms with van der Waals surface area (Å²) < 4.78 is 5.86. The molecule has 144 valence electrons. The van der Waals surface area contributed by atoms with Crippen molar-refractivity contribution >= 4 is 5.97 Å². The van der Waals surface area contributed by atoms with E-state index in [-0.39, 0.29) is 12.1 Å². The number of carbonyl (C=O) groups is 1. The predicted octanol–water partition coefficient (Wildman–Crippen LogP) is 3.36. The Morgan fingerprint density at radius 2 is 1.73 bits per heavy atom. The van der Waals surface area contributed by atoms with Crippen LogP contribution in [0.4, 0.5) is 0 Å². The highest BCUT2D eigenvalue weighted by Crippen LogP contribution is 2.32. The number of fused-ring (bicyclic) bond motifs is 3. The summed E-state index contributed by atoms with van der Waals surface area (Å²) in [5.41, 5.74) is 0.444. The van der Waals surface area contributed by atoms with Crippen LogP contribution in [-0.4, -0.2) is 49.7 Å². The highest BCUT2D eigenvalue weighted by molar-refractivity contribution is 5.82. The summed E-state index contributed by atoms with van der Waals surface area (Å²) in [7, 11) is 0. The zero-order chi connectivity index (χ0) is 18.4. The third-order valence-electron chi connectivity index (χ3n) is 6.07. The fourth-order valence-electron chi connectivity index (χ4n) is 4.10. The Bertz CT molecular complexity index is 549. The van der Waals surface area contributed by atoms with Crippen LogP contribution in [0.1, 0.15) is 51.5 Å². The summed E-state index contributed by atoms with van der Waals surface area (Å²) in [6.45, 7) is 9.65. The van der Waals surface area contributed by atoms with Gasteiger partial charge in [0.25, 0.3) is 0 Å². The average Bonchev–Trinajstić information content (AvgIpc) is 2.71. The number of hydrogen-bond acceptors (Lipinski definition) is 4. The van der Waals surface area contributed by atoms with Gasteiger partial charge in [-0.05, 0) is 77.2 Å². The maximum Gasteiger partial charge on any atom is 0.316 e. The second-order valence-corrected chi connectivity index (χ2v) is 8.38. The van der Waals surface area contributed by atoms with Crippen LogP contribution in [0.3, 0.4) is 0 Å². The number of rotatable bonds is 3. The molecular formula is C22H34N2O2. The lowest BCUT2D eigenvalue weighted by Gasteiger charge is -2.44. The van der Waals surface area contributed by atoms with Gasteiger partial charge in [0.15, 0.2) is 0 Å². The van der Waals surface area contributed by atoms with Gasteiger partial charge in [-0.3, -0.25) is 9.69 Å². The molecule has 4 saturated heterocycles. The number of carbonyl (C=O) groups excluding carboxylic acids is 1. The molecule has 5 rings (SSSR count). The summed E-state index contributed by atoms with van der Waals surface area (Å²) in [4.78, 5) is 15.0. The maximum atomic E-state index is 12.6. The topological polar surface area (TPSA) is 41.6 Å². The van der Waals surface area contributed by atoms with Gasteiger partial charge in [0.2, 0.25) is 0 Å². The van der Waals surface area contributed by atoms with Crippen molar-refractivity contribution in [3.8, 4) is 0 Å². The largest absolute Gasteiger partial charge is 0.460 e. The van der Waals surface area contributed by atoms with E-state index in [9.17, 15) is 4.79 Å². The lowest BCUT2D eigenvalue weighted by atomic mass is 9.83. The molecule has 0 aliphatic carbocycles. The number of esters is 1. The minimum atomic E-state index is -0.576. The Balaban J connectivity index is 0.000000278. The fourth-order valence-corrected chi connectivity index (χ4v) is 4.10. The van der Waals surface area contributed by atoms with Gasteiger partial charge in [-0.15, -0.1) is 0 Å². The Morgan fingerprint density at radius 1 is 1.08 bits per heavy atom. The molecule has 4 aliphatic heterocycles. The second-order valence-electron chi connectivity index (χ2n) is 8.38. The third kappa shape index (κ3) is 4.86. The number of nitrogens with one attached hydrogen (secondary N) is 1. The van der Waals surface area contributed by atoms with Crippen LogP contribution >= 0.6 is 0 Å². The number of hydrogen-bond donors (Lipinski definition) is 1. The molecule has 0 aromatic heterocycles. The van der Waals surface area contributed by atoms with Crippen LogP contribution in [0.25, 0.3) is 0 Å². The molecule has 4 aliphatic rings. The van der Waals surface area contributed by atoms with E-state index < -0.39 is 5.41 Å². The van der Waals surface area contributed by atoms with Crippen LogP contribution in [0.2, 0.25) is 0 Å². The molecule has 4 heterocycles. The molecule has 0 unspecified atom stereocenters. The van der Waals surface area contributed by atoms with E-state index in [1.54, 1.807) is 0 Å². The van der Waals surface area contributed by atoms with Crippen molar-refractivity contribution in [2.75, 3.05) is 32.7 Å². The molecule has 4 nitrogen and oxygen atoms in total. The zero-order valence-electron chi connectivity index (χ0n) is 16.4. The summed E-state index contributed by atoms with van der Waals surface area (Å²) in [5.74, 6) is 0.470. The zero-order valence-corrected chi connectivity index (χ0v) is 16.4. The van der Waals surface area contributed by atoms with Gasteiger partial charge in [-0.2, -0.15) is 0 Å². The van der Waals surface area contributed by atoms with Gasteiger partial charge >= 0.3 is 5.97 Å². The molecule has 1 N–H and O–H groups in total. The minimum absolute atomic E-state index is 0.0907. The third-order valence-corrected chi connectivity index (χ3v) is 6.07. The summed E-state index contributed by atoms with van der Waals surface area (Å²) in [6.07, 6.45) is 6.65. The molecule has 1 aromatic rings. The molecule has 4 heteroatoms. The van der Waals surface area contributed by atoms with Crippen molar-refractivity contribution in [3.63, 3.8) is 0 Å². The predicted molar refractivity (Wildman–Crippen MR) is 105 cm³/mol. The van der Waals surface area contributed by atoms with Gasteiger partial charge in [0.1, 0.15) is 6.10 Å². The van der Waals surface area contributed by atoms with Crippen LogP contribution in [-0.2, 0) is 14.9 Å². The molecule has 0 amide bonds. The van der Waals surface area contributed by atoms with Crippen LogP contribution < -0.4 is 5.32 Å². The first kappa shape index (κ1) is 19.4. The van der Waals surface area contributed by atoms with E-state index in [1.807, 2.05) is 44.2 Å². The Labute approximate surface area is 158 Å². The molecule has 1 atom stereocenters. The van der Waals surface area contributed by atoms with Crippen molar-refractivity contribution in [1.29, 1.82) is 0 Å². The average molecular weight is 359 g/mol. The van der Waals surface area contributed by atoms with Crippen molar-refractivity contribution < 1.29 is 9.53 Å². The molecule has 26 heavy (non-hydrogen) atoms. The van der Waals surface area contributed by atoms with Crippen molar-refractivity contribution in [1.82, 2.24) is 10.2 Å². The van der Waals surface area contributed by atoms with Gasteiger partial charge in [0, 0.05) is 6.54 Å². The standard InChI is InChI=1S/C17H23NO2.C5H11N/c1-17(2,14-6-4-3-5-7-14)16(19)20-15-12-18-10-8-13(15)9-11-18;1-2-4-6-5-3-1/h3-7,13,15H,8-12H2,1-2H3;6H,1-5H2/t15-;/m0./s1. The molecule has 1 aromatic carbocycles. The monoisotopic (exact) mass is 358 g/mol. The first-order valence-electron chi connectivity index (χ1n) is 10.3. The number of benzene rings is 1.